The Hall–Kier alpha value is -2.49. The van der Waals surface area contributed by atoms with Crippen molar-refractivity contribution in [1.29, 1.82) is 0 Å². The zero-order valence-electron chi connectivity index (χ0n) is 21.6. The first-order valence-corrected chi connectivity index (χ1v) is 13.3. The molecule has 0 spiro atoms. The Kier molecular flexibility index (Phi) is 6.59. The van der Waals surface area contributed by atoms with Crippen LogP contribution in [0.3, 0.4) is 0 Å². The van der Waals surface area contributed by atoms with Crippen LogP contribution in [0.5, 0.6) is 5.75 Å². The average Bonchev–Trinajstić information content (AvgIpc) is 3.57. The van der Waals surface area contributed by atoms with E-state index in [1.165, 1.54) is 10.6 Å². The number of nitrogens with zero attached hydrogens (tertiary/aromatic N) is 5. The van der Waals surface area contributed by atoms with E-state index in [1.807, 2.05) is 30.7 Å². The fraction of sp³-hybridized carbons (Fsp3) is 0.577. The van der Waals surface area contributed by atoms with Crippen LogP contribution in [0, 0.1) is 0 Å². The molecule has 0 saturated carbocycles. The van der Waals surface area contributed by atoms with Crippen molar-refractivity contribution in [3.05, 3.63) is 29.2 Å². The maximum absolute atomic E-state index is 5.77. The van der Waals surface area contributed by atoms with Gasteiger partial charge in [0, 0.05) is 36.9 Å². The molecule has 1 saturated heterocycles. The van der Waals surface area contributed by atoms with Crippen LogP contribution in [0.4, 0.5) is 0 Å². The van der Waals surface area contributed by atoms with E-state index in [4.69, 9.17) is 14.5 Å². The summed E-state index contributed by atoms with van der Waals surface area (Å²) in [6, 6.07) is 2.03. The van der Waals surface area contributed by atoms with Gasteiger partial charge in [0.25, 0.3) is 0 Å². The lowest BCUT2D eigenvalue weighted by atomic mass is 9.95. The Balaban J connectivity index is 1.42. The molecule has 1 N–H and O–H groups in total. The van der Waals surface area contributed by atoms with Crippen LogP contribution in [-0.2, 0) is 4.74 Å². The maximum atomic E-state index is 5.77. The molecule has 4 aromatic heterocycles. The van der Waals surface area contributed by atoms with Crippen molar-refractivity contribution < 1.29 is 9.47 Å². The summed E-state index contributed by atoms with van der Waals surface area (Å²) in [5.74, 6) is 1.55. The van der Waals surface area contributed by atoms with Crippen molar-refractivity contribution in [2.75, 3.05) is 33.9 Å². The summed E-state index contributed by atoms with van der Waals surface area (Å²) in [6.07, 6.45) is 6.87. The van der Waals surface area contributed by atoms with E-state index in [9.17, 15) is 0 Å². The predicted octanol–water partition coefficient (Wildman–Crippen LogP) is 5.46. The highest BCUT2D eigenvalue weighted by atomic mass is 32.1. The van der Waals surface area contributed by atoms with E-state index < -0.39 is 0 Å². The molecule has 8 nitrogen and oxygen atoms in total. The molecule has 0 amide bonds. The van der Waals surface area contributed by atoms with Gasteiger partial charge in [0.15, 0.2) is 11.4 Å². The highest BCUT2D eigenvalue weighted by Gasteiger charge is 2.30. The molecule has 5 heterocycles. The van der Waals surface area contributed by atoms with Gasteiger partial charge in [-0.05, 0) is 51.3 Å². The molecule has 1 atom stereocenters. The smallest absolute Gasteiger partial charge is 0.197 e. The van der Waals surface area contributed by atoms with Crippen LogP contribution in [0.2, 0.25) is 0 Å². The van der Waals surface area contributed by atoms with Crippen molar-refractivity contribution in [2.24, 2.45) is 0 Å². The molecule has 0 aliphatic carbocycles. The molecule has 5 rings (SSSR count). The third kappa shape index (κ3) is 4.45. The Bertz CT molecular complexity index is 1310. The van der Waals surface area contributed by atoms with E-state index in [1.54, 1.807) is 18.0 Å². The average molecular weight is 497 g/mol. The van der Waals surface area contributed by atoms with E-state index in [2.05, 4.69) is 47.7 Å². The molecule has 1 unspecified atom stereocenters. The first kappa shape index (κ1) is 24.2. The topological polar surface area (TPSA) is 80.6 Å². The summed E-state index contributed by atoms with van der Waals surface area (Å²) in [5, 5.41) is 5.59. The van der Waals surface area contributed by atoms with Gasteiger partial charge in [-0.25, -0.2) is 14.5 Å². The number of piperidine rings is 1. The lowest BCUT2D eigenvalue weighted by Crippen LogP contribution is -2.45. The predicted molar refractivity (Wildman–Crippen MR) is 141 cm³/mol. The number of H-pyrrole nitrogens is 1. The first-order valence-electron chi connectivity index (χ1n) is 12.5. The van der Waals surface area contributed by atoms with Crippen molar-refractivity contribution in [3.8, 4) is 17.0 Å². The molecule has 188 valence electrons. The minimum absolute atomic E-state index is 0.0651. The Labute approximate surface area is 210 Å². The van der Waals surface area contributed by atoms with Crippen LogP contribution < -0.4 is 4.74 Å². The molecule has 35 heavy (non-hydrogen) atoms. The zero-order chi connectivity index (χ0) is 24.7. The number of aromatic amines is 1. The van der Waals surface area contributed by atoms with Crippen molar-refractivity contribution in [3.63, 3.8) is 0 Å². The summed E-state index contributed by atoms with van der Waals surface area (Å²) < 4.78 is 13.1. The van der Waals surface area contributed by atoms with Gasteiger partial charge in [-0.1, -0.05) is 20.8 Å². The fourth-order valence-electron chi connectivity index (χ4n) is 5.18. The van der Waals surface area contributed by atoms with Gasteiger partial charge in [-0.2, -0.15) is 5.10 Å². The van der Waals surface area contributed by atoms with E-state index in [0.717, 1.165) is 60.5 Å². The summed E-state index contributed by atoms with van der Waals surface area (Å²) in [7, 11) is 3.50. The molecular weight excluding hydrogens is 460 g/mol. The van der Waals surface area contributed by atoms with Crippen LogP contribution in [0.25, 0.3) is 27.3 Å². The summed E-state index contributed by atoms with van der Waals surface area (Å²) in [6.45, 7) is 12.1. The number of likely N-dealkylation sites (tertiary alicyclic amines) is 1. The van der Waals surface area contributed by atoms with Gasteiger partial charge in [-0.15, -0.1) is 11.3 Å². The molecule has 9 heteroatoms. The number of aromatic nitrogens is 5. The minimum atomic E-state index is -0.0651. The second-order valence-electron chi connectivity index (χ2n) is 10.2. The van der Waals surface area contributed by atoms with Gasteiger partial charge >= 0.3 is 0 Å². The SMILES string of the molecule is CCC(C)(CN1CCC(c2nc3c(C(C)C)c(-c4cc(OC)c5ncnn5c4)[nH]c3s2)CC1)OC. The first-order chi connectivity index (χ1) is 16.9. The number of nitrogens with one attached hydrogen (secondary N) is 1. The number of rotatable bonds is 8. The third-order valence-corrected chi connectivity index (χ3v) is 8.70. The number of ether oxygens (including phenoxy) is 2. The molecule has 0 aromatic carbocycles. The van der Waals surface area contributed by atoms with Gasteiger partial charge in [0.05, 0.1) is 23.4 Å². The van der Waals surface area contributed by atoms with Crippen molar-refractivity contribution in [1.82, 2.24) is 29.5 Å². The maximum Gasteiger partial charge on any atom is 0.197 e. The van der Waals surface area contributed by atoms with Gasteiger partial charge in [-0.3, -0.25) is 0 Å². The fourth-order valence-corrected chi connectivity index (χ4v) is 6.34. The highest BCUT2D eigenvalue weighted by molar-refractivity contribution is 7.18. The van der Waals surface area contributed by atoms with E-state index in [0.29, 0.717) is 23.2 Å². The lowest BCUT2D eigenvalue weighted by Gasteiger charge is -2.37. The molecule has 4 aromatic rings. The standard InChI is InChI=1S/C26H36N6O2S/c1-7-26(4,34-6)14-31-10-8-17(9-11-31)24-30-22-20(16(2)3)21(29-25(22)35-24)18-12-19(33-5)23-27-15-28-32(23)13-18/h12-13,15-17,29H,7-11,14H2,1-6H3. The van der Waals surface area contributed by atoms with Gasteiger partial charge < -0.3 is 19.4 Å². The number of pyridine rings is 1. The third-order valence-electron chi connectivity index (χ3n) is 7.57. The van der Waals surface area contributed by atoms with Crippen LogP contribution >= 0.6 is 11.3 Å². The lowest BCUT2D eigenvalue weighted by molar-refractivity contribution is -0.0293. The summed E-state index contributed by atoms with van der Waals surface area (Å²) in [5.41, 5.74) is 5.12. The molecule has 0 radical (unpaired) electrons. The minimum Gasteiger partial charge on any atom is -0.493 e. The summed E-state index contributed by atoms with van der Waals surface area (Å²) in [4.78, 5) is 16.9. The number of hydrogen-bond acceptors (Lipinski definition) is 7. The quantitative estimate of drug-likeness (QED) is 0.349. The van der Waals surface area contributed by atoms with Gasteiger partial charge in [0.2, 0.25) is 0 Å². The van der Waals surface area contributed by atoms with Crippen molar-refractivity contribution >= 4 is 27.3 Å². The zero-order valence-corrected chi connectivity index (χ0v) is 22.4. The summed E-state index contributed by atoms with van der Waals surface area (Å²) >= 11 is 1.81. The van der Waals surface area contributed by atoms with Crippen LogP contribution in [0.15, 0.2) is 18.6 Å². The largest absolute Gasteiger partial charge is 0.493 e. The number of hydrogen-bond donors (Lipinski definition) is 1. The molecular formula is C26H36N6O2S. The Morgan fingerprint density at radius 3 is 2.69 bits per heavy atom. The molecule has 1 aliphatic rings. The second-order valence-corrected chi connectivity index (χ2v) is 11.2. The second kappa shape index (κ2) is 9.52. The van der Waals surface area contributed by atoms with E-state index >= 15 is 0 Å². The Morgan fingerprint density at radius 1 is 1.26 bits per heavy atom. The normalized spacial score (nSPS) is 17.6. The highest BCUT2D eigenvalue weighted by Crippen LogP contribution is 2.41. The van der Waals surface area contributed by atoms with Crippen LogP contribution in [0.1, 0.15) is 69.4 Å². The monoisotopic (exact) mass is 496 g/mol. The molecule has 1 fully saturated rings. The number of thiazole rings is 1. The van der Waals surface area contributed by atoms with Gasteiger partial charge in [0.1, 0.15) is 16.7 Å². The van der Waals surface area contributed by atoms with Crippen molar-refractivity contribution in [2.45, 2.75) is 64.4 Å². The molecule has 0 bridgehead atoms. The number of methoxy groups -OCH3 is 2. The van der Waals surface area contributed by atoms with Crippen LogP contribution in [-0.4, -0.2) is 68.9 Å². The molecule has 1 aliphatic heterocycles. The number of fused-ring (bicyclic) bond motifs is 2. The Morgan fingerprint density at radius 2 is 2.03 bits per heavy atom. The van der Waals surface area contributed by atoms with E-state index in [-0.39, 0.29) is 5.60 Å².